The zero-order valence-corrected chi connectivity index (χ0v) is 22.8. The molecule has 2 heterocycles. The Labute approximate surface area is 240 Å². The van der Waals surface area contributed by atoms with Crippen molar-refractivity contribution in [3.05, 3.63) is 120 Å². The molecule has 0 aliphatic heterocycles. The molecular formula is C30H23N8O3S. The summed E-state index contributed by atoms with van der Waals surface area (Å²) in [6, 6.07) is 27.0. The number of tetrazole rings is 1. The van der Waals surface area contributed by atoms with Gasteiger partial charge in [0.1, 0.15) is 10.7 Å². The number of sulfonamides is 1. The second-order valence-electron chi connectivity index (χ2n) is 9.49. The quantitative estimate of drug-likeness (QED) is 0.133. The van der Waals surface area contributed by atoms with E-state index in [1.807, 2.05) is 0 Å². The van der Waals surface area contributed by atoms with E-state index in [4.69, 9.17) is 11.1 Å². The van der Waals surface area contributed by atoms with E-state index in [0.29, 0.717) is 32.8 Å². The number of nitrogens with two attached hydrogens (primary N) is 1. The minimum absolute atomic E-state index is 0.0136. The first-order valence-corrected chi connectivity index (χ1v) is 14.3. The van der Waals surface area contributed by atoms with Gasteiger partial charge in [0.25, 0.3) is 10.0 Å². The van der Waals surface area contributed by atoms with Crippen molar-refractivity contribution in [2.75, 3.05) is 4.31 Å². The lowest BCUT2D eigenvalue weighted by Gasteiger charge is -2.25. The van der Waals surface area contributed by atoms with Gasteiger partial charge in [0, 0.05) is 40.6 Å². The van der Waals surface area contributed by atoms with Crippen LogP contribution in [-0.4, -0.2) is 45.6 Å². The molecule has 2 aromatic heterocycles. The number of rotatable bonds is 9. The van der Waals surface area contributed by atoms with E-state index in [1.54, 1.807) is 85.1 Å². The maximum Gasteiger partial charge on any atom is 0.266 e. The molecule has 0 aliphatic carbocycles. The summed E-state index contributed by atoms with van der Waals surface area (Å²) in [6.07, 6.45) is 1.65. The minimum Gasteiger partial charge on any atom is -0.384 e. The molecule has 0 saturated carbocycles. The number of carbonyl (C=O) groups is 1. The number of nitrogens with zero attached hydrogens (tertiary/aromatic N) is 5. The van der Waals surface area contributed by atoms with Crippen molar-refractivity contribution in [3.8, 4) is 0 Å². The Bertz CT molecular complexity index is 2060. The number of aromatic amines is 1. The fourth-order valence-electron chi connectivity index (χ4n) is 4.83. The van der Waals surface area contributed by atoms with Crippen molar-refractivity contribution in [1.82, 2.24) is 25.6 Å². The molecule has 12 heteroatoms. The van der Waals surface area contributed by atoms with Crippen molar-refractivity contribution in [2.24, 2.45) is 5.73 Å². The SMILES string of the molecule is N=C(N)c1ccc(CC(=O)c2cccc3c(N(Cc4nnn[nH]4)S(=O)(=O)c4cccc5cccnc45)[c]ccc23)cc1. The normalized spacial score (nSPS) is 11.5. The highest BCUT2D eigenvalue weighted by Crippen LogP contribution is 2.35. The van der Waals surface area contributed by atoms with Crippen LogP contribution < -0.4 is 10.0 Å². The van der Waals surface area contributed by atoms with E-state index < -0.39 is 10.0 Å². The van der Waals surface area contributed by atoms with Crippen molar-refractivity contribution in [2.45, 2.75) is 17.9 Å². The third-order valence-electron chi connectivity index (χ3n) is 6.86. The van der Waals surface area contributed by atoms with Crippen LogP contribution in [0.25, 0.3) is 21.7 Å². The Morgan fingerprint density at radius 3 is 2.52 bits per heavy atom. The Balaban J connectivity index is 1.46. The number of Topliss-reactive ketones (excluding diaryl/α,β-unsaturated/α-hetero) is 1. The lowest BCUT2D eigenvalue weighted by atomic mass is 9.96. The van der Waals surface area contributed by atoms with Gasteiger partial charge in [-0.15, -0.1) is 5.10 Å². The zero-order chi connectivity index (χ0) is 29.3. The van der Waals surface area contributed by atoms with Gasteiger partial charge in [-0.2, -0.15) is 0 Å². The highest BCUT2D eigenvalue weighted by molar-refractivity contribution is 7.93. The van der Waals surface area contributed by atoms with Crippen LogP contribution in [0.15, 0.2) is 96.0 Å². The number of benzene rings is 4. The van der Waals surface area contributed by atoms with Gasteiger partial charge in [0.05, 0.1) is 17.7 Å². The predicted molar refractivity (Wildman–Crippen MR) is 158 cm³/mol. The molecule has 1 radical (unpaired) electrons. The van der Waals surface area contributed by atoms with Crippen molar-refractivity contribution in [3.63, 3.8) is 0 Å². The molecule has 0 spiro atoms. The van der Waals surface area contributed by atoms with E-state index in [1.165, 1.54) is 10.4 Å². The number of hydrogen-bond donors (Lipinski definition) is 3. The number of nitrogen functional groups attached to an aromatic ring is 1. The molecule has 42 heavy (non-hydrogen) atoms. The summed E-state index contributed by atoms with van der Waals surface area (Å²) in [5, 5.41) is 23.1. The molecule has 0 unspecified atom stereocenters. The minimum atomic E-state index is -4.23. The molecule has 0 fully saturated rings. The van der Waals surface area contributed by atoms with E-state index in [2.05, 4.69) is 31.7 Å². The monoisotopic (exact) mass is 575 g/mol. The maximum absolute atomic E-state index is 14.3. The van der Waals surface area contributed by atoms with E-state index in [0.717, 1.165) is 5.56 Å². The number of para-hydroxylation sites is 1. The number of hydrogen-bond acceptors (Lipinski definition) is 8. The maximum atomic E-state index is 14.3. The first kappa shape index (κ1) is 26.7. The Morgan fingerprint density at radius 2 is 1.76 bits per heavy atom. The summed E-state index contributed by atoms with van der Waals surface area (Å²) >= 11 is 0. The van der Waals surface area contributed by atoms with E-state index in [-0.39, 0.29) is 41.0 Å². The Morgan fingerprint density at radius 1 is 0.976 bits per heavy atom. The van der Waals surface area contributed by atoms with Gasteiger partial charge < -0.3 is 5.73 Å². The van der Waals surface area contributed by atoms with E-state index in [9.17, 15) is 13.2 Å². The number of nitrogens with one attached hydrogen (secondary N) is 2. The molecule has 4 N–H and O–H groups in total. The average Bonchev–Trinajstić information content (AvgIpc) is 3.53. The van der Waals surface area contributed by atoms with Crippen molar-refractivity contribution < 1.29 is 13.2 Å². The molecule has 0 aliphatic rings. The smallest absolute Gasteiger partial charge is 0.266 e. The van der Waals surface area contributed by atoms with Crippen molar-refractivity contribution in [1.29, 1.82) is 5.41 Å². The average molecular weight is 576 g/mol. The first-order valence-electron chi connectivity index (χ1n) is 12.8. The second-order valence-corrected chi connectivity index (χ2v) is 11.3. The molecule has 207 valence electrons. The van der Waals surface area contributed by atoms with Gasteiger partial charge in [0.15, 0.2) is 11.6 Å². The Hall–Kier alpha value is -5.49. The zero-order valence-electron chi connectivity index (χ0n) is 22.0. The largest absolute Gasteiger partial charge is 0.384 e. The van der Waals surface area contributed by atoms with Gasteiger partial charge in [-0.25, -0.2) is 13.5 Å². The molecule has 6 aromatic rings. The van der Waals surface area contributed by atoms with Gasteiger partial charge in [0.2, 0.25) is 0 Å². The number of fused-ring (bicyclic) bond motifs is 2. The summed E-state index contributed by atoms with van der Waals surface area (Å²) in [5.74, 6) is 0.0180. The van der Waals surface area contributed by atoms with Crippen LogP contribution in [0, 0.1) is 11.5 Å². The molecule has 0 atom stereocenters. The number of amidine groups is 1. The summed E-state index contributed by atoms with van der Waals surface area (Å²) in [4.78, 5) is 17.9. The molecular weight excluding hydrogens is 552 g/mol. The van der Waals surface area contributed by atoms with Gasteiger partial charge in [-0.3, -0.25) is 19.5 Å². The molecule has 0 saturated heterocycles. The van der Waals surface area contributed by atoms with Crippen LogP contribution in [0.5, 0.6) is 0 Å². The molecule has 0 bridgehead atoms. The van der Waals surface area contributed by atoms with Gasteiger partial charge >= 0.3 is 0 Å². The number of H-pyrrole nitrogens is 1. The van der Waals surface area contributed by atoms with Crippen LogP contribution in [0.3, 0.4) is 0 Å². The molecule has 11 nitrogen and oxygen atoms in total. The van der Waals surface area contributed by atoms with Crippen LogP contribution in [-0.2, 0) is 23.0 Å². The lowest BCUT2D eigenvalue weighted by Crippen LogP contribution is -2.31. The fourth-order valence-corrected chi connectivity index (χ4v) is 6.42. The Kier molecular flexibility index (Phi) is 6.88. The summed E-state index contributed by atoms with van der Waals surface area (Å²) < 4.78 is 29.9. The summed E-state index contributed by atoms with van der Waals surface area (Å²) in [7, 11) is -4.23. The molecule has 0 amide bonds. The lowest BCUT2D eigenvalue weighted by molar-refractivity contribution is 0.0994. The number of ketones is 1. The van der Waals surface area contributed by atoms with Gasteiger partial charge in [-0.05, 0) is 33.5 Å². The summed E-state index contributed by atoms with van der Waals surface area (Å²) in [6.45, 7) is -0.213. The third-order valence-corrected chi connectivity index (χ3v) is 8.63. The summed E-state index contributed by atoms with van der Waals surface area (Å²) in [5.41, 5.74) is 7.87. The van der Waals surface area contributed by atoms with E-state index >= 15 is 0 Å². The third kappa shape index (κ3) is 4.95. The second kappa shape index (κ2) is 10.8. The fraction of sp³-hybridized carbons (Fsp3) is 0.0667. The van der Waals surface area contributed by atoms with Crippen molar-refractivity contribution >= 4 is 49.0 Å². The first-order chi connectivity index (χ1) is 20.3. The van der Waals surface area contributed by atoms with Crippen LogP contribution in [0.4, 0.5) is 5.69 Å². The standard InChI is InChI=1S/C30H23N8O3S/c31-30(32)21-14-12-19(13-15-21)17-26(39)24-9-2-8-23-22(24)7-3-10-25(23)38(18-28-34-36-37-35-28)42(40,41)27-11-1-5-20-6-4-16-33-29(20)27/h1-9,11-16H,17-18H2,(H3,31,32)(H,34,35,36,37). The number of anilines is 1. The highest BCUT2D eigenvalue weighted by atomic mass is 32.2. The van der Waals surface area contributed by atoms with Gasteiger partial charge in [-0.1, -0.05) is 72.8 Å². The van der Waals surface area contributed by atoms with Crippen LogP contribution in [0.1, 0.15) is 27.3 Å². The van der Waals surface area contributed by atoms with Crippen LogP contribution in [0.2, 0.25) is 0 Å². The topological polar surface area (TPSA) is 172 Å². The molecule has 6 rings (SSSR count). The number of aromatic nitrogens is 5. The predicted octanol–water partition coefficient (Wildman–Crippen LogP) is 3.81. The number of carbonyl (C=O) groups excluding carboxylic acids is 1. The number of pyridine rings is 1. The molecule has 4 aromatic carbocycles. The van der Waals surface area contributed by atoms with Crippen LogP contribution >= 0.6 is 0 Å². The highest BCUT2D eigenvalue weighted by Gasteiger charge is 2.30.